The Labute approximate surface area is 213 Å². The Balaban J connectivity index is 1.87. The number of aromatic nitrogens is 3. The van der Waals surface area contributed by atoms with E-state index in [9.17, 15) is 22.4 Å². The van der Waals surface area contributed by atoms with E-state index in [1.54, 1.807) is 19.1 Å². The van der Waals surface area contributed by atoms with Crippen LogP contribution in [0.25, 0.3) is 21.8 Å². The van der Waals surface area contributed by atoms with Crippen LogP contribution in [-0.2, 0) is 4.74 Å². The molecular formula is C25H23F4N3O2S2. The summed E-state index contributed by atoms with van der Waals surface area (Å²) in [5.41, 5.74) is 2.14. The summed E-state index contributed by atoms with van der Waals surface area (Å²) in [6, 6.07) is 5.83. The number of thiazole rings is 1. The number of esters is 1. The number of methoxy groups -OCH3 is 1. The van der Waals surface area contributed by atoms with Crippen molar-refractivity contribution in [1.82, 2.24) is 14.8 Å². The fraction of sp³-hybridized carbons (Fsp3) is 0.320. The van der Waals surface area contributed by atoms with E-state index >= 15 is 0 Å². The largest absolute Gasteiger partial charge is 0.464 e. The molecule has 11 heteroatoms. The first-order valence-corrected chi connectivity index (χ1v) is 12.8. The highest BCUT2D eigenvalue weighted by Crippen LogP contribution is 2.42. The molecule has 0 N–H and O–H groups in total. The fourth-order valence-electron chi connectivity index (χ4n) is 3.89. The fourth-order valence-corrected chi connectivity index (χ4v) is 6.40. The molecule has 0 bridgehead atoms. The molecule has 0 saturated carbocycles. The highest BCUT2D eigenvalue weighted by Gasteiger charge is 2.35. The van der Waals surface area contributed by atoms with Crippen LogP contribution in [0.2, 0.25) is 0 Å². The van der Waals surface area contributed by atoms with Crippen molar-refractivity contribution in [2.45, 2.75) is 49.2 Å². The molecule has 1 aromatic carbocycles. The molecule has 2 heterocycles. The number of hydrogen-bond acceptors (Lipinski definition) is 6. The molecule has 0 unspecified atom stereocenters. The quantitative estimate of drug-likeness (QED) is 0.186. The number of carbonyl (C=O) groups is 1. The van der Waals surface area contributed by atoms with E-state index in [1.807, 2.05) is 13.8 Å². The number of allylic oxidation sites excluding steroid dienone is 4. The average molecular weight is 538 g/mol. The van der Waals surface area contributed by atoms with Gasteiger partial charge in [-0.25, -0.2) is 14.2 Å². The molecule has 0 saturated heterocycles. The van der Waals surface area contributed by atoms with E-state index in [-0.39, 0.29) is 23.8 Å². The number of rotatable bonds is 6. The van der Waals surface area contributed by atoms with Crippen LogP contribution in [0.4, 0.5) is 17.6 Å². The normalized spacial score (nSPS) is 14.1. The predicted octanol–water partition coefficient (Wildman–Crippen LogP) is 7.40. The Morgan fingerprint density at radius 1 is 1.22 bits per heavy atom. The highest BCUT2D eigenvalue weighted by molar-refractivity contribution is 8.01. The first-order valence-electron chi connectivity index (χ1n) is 11.1. The summed E-state index contributed by atoms with van der Waals surface area (Å²) in [4.78, 5) is 17.6. The minimum Gasteiger partial charge on any atom is -0.464 e. The van der Waals surface area contributed by atoms with Gasteiger partial charge in [-0.05, 0) is 43.0 Å². The second-order valence-electron chi connectivity index (χ2n) is 8.40. The van der Waals surface area contributed by atoms with Gasteiger partial charge in [0.2, 0.25) is 5.13 Å². The number of benzene rings is 1. The summed E-state index contributed by atoms with van der Waals surface area (Å²) in [5.74, 6) is -1.13. The molecule has 0 aliphatic heterocycles. The van der Waals surface area contributed by atoms with Crippen LogP contribution in [0.15, 0.2) is 46.2 Å². The van der Waals surface area contributed by atoms with Gasteiger partial charge in [0, 0.05) is 16.4 Å². The molecule has 4 rings (SSSR count). The average Bonchev–Trinajstić information content (AvgIpc) is 3.38. The second kappa shape index (κ2) is 10.2. The Kier molecular flexibility index (Phi) is 7.42. The lowest BCUT2D eigenvalue weighted by atomic mass is 9.96. The maximum absolute atomic E-state index is 14.0. The molecule has 0 spiro atoms. The SMILES string of the molecule is COC(=O)c1c(-c2cccc(F)c2)c(C)nn1-c1nc(C2=CC=C(C(F)(F)F)CC2)c(SC(C)C)s1. The number of aryl methyl sites for hydroxylation is 1. The monoisotopic (exact) mass is 537 g/mol. The van der Waals surface area contributed by atoms with Gasteiger partial charge in [0.15, 0.2) is 5.69 Å². The van der Waals surface area contributed by atoms with Gasteiger partial charge in [-0.3, -0.25) is 0 Å². The van der Waals surface area contributed by atoms with Gasteiger partial charge in [-0.15, -0.1) is 11.8 Å². The van der Waals surface area contributed by atoms with Gasteiger partial charge in [0.1, 0.15) is 5.82 Å². The van der Waals surface area contributed by atoms with E-state index in [0.29, 0.717) is 33.2 Å². The zero-order valence-electron chi connectivity index (χ0n) is 19.9. The van der Waals surface area contributed by atoms with Crippen molar-refractivity contribution >= 4 is 34.6 Å². The van der Waals surface area contributed by atoms with Gasteiger partial charge in [-0.2, -0.15) is 23.0 Å². The van der Waals surface area contributed by atoms with Gasteiger partial charge in [0.25, 0.3) is 0 Å². The minimum atomic E-state index is -4.36. The first kappa shape index (κ1) is 26.2. The third-order valence-corrected chi connectivity index (χ3v) is 7.72. The molecule has 0 atom stereocenters. The standard InChI is InChI=1S/C25H23F4N3O2S2/c1-13(2)35-23-20(15-8-10-17(11-9-15)25(27,28)29)30-24(36-23)32-21(22(33)34-4)19(14(3)31-32)16-6-5-7-18(26)12-16/h5-8,10,12-13H,9,11H2,1-4H3. The number of thioether (sulfide) groups is 1. The van der Waals surface area contributed by atoms with Crippen LogP contribution in [-0.4, -0.2) is 39.3 Å². The zero-order chi connectivity index (χ0) is 26.2. The lowest BCUT2D eigenvalue weighted by Crippen LogP contribution is -2.13. The van der Waals surface area contributed by atoms with E-state index in [4.69, 9.17) is 9.72 Å². The lowest BCUT2D eigenvalue weighted by Gasteiger charge is -2.16. The van der Waals surface area contributed by atoms with E-state index in [1.165, 1.54) is 53.1 Å². The van der Waals surface area contributed by atoms with Crippen LogP contribution in [0.3, 0.4) is 0 Å². The van der Waals surface area contributed by atoms with Gasteiger partial charge >= 0.3 is 12.1 Å². The number of ether oxygens (including phenoxy) is 1. The van der Waals surface area contributed by atoms with E-state index in [2.05, 4.69) is 5.10 Å². The van der Waals surface area contributed by atoms with E-state index in [0.717, 1.165) is 10.3 Å². The second-order valence-corrected chi connectivity index (χ2v) is 11.2. The number of carbonyl (C=O) groups excluding carboxylic acids is 1. The minimum absolute atomic E-state index is 0.0962. The topological polar surface area (TPSA) is 57.0 Å². The highest BCUT2D eigenvalue weighted by atomic mass is 32.2. The summed E-state index contributed by atoms with van der Waals surface area (Å²) in [6.07, 6.45) is -1.74. The molecule has 1 aliphatic rings. The molecule has 3 aromatic rings. The van der Waals surface area contributed by atoms with Crippen LogP contribution in [0.1, 0.15) is 48.6 Å². The molecule has 0 amide bonds. The van der Waals surface area contributed by atoms with Crippen LogP contribution in [0.5, 0.6) is 0 Å². The maximum Gasteiger partial charge on any atom is 0.412 e. The Morgan fingerprint density at radius 3 is 2.56 bits per heavy atom. The molecule has 5 nitrogen and oxygen atoms in total. The number of hydrogen-bond donors (Lipinski definition) is 0. The number of nitrogens with zero attached hydrogens (tertiary/aromatic N) is 3. The Hall–Kier alpha value is -2.92. The van der Waals surface area contributed by atoms with Crippen molar-refractivity contribution in [3.63, 3.8) is 0 Å². The van der Waals surface area contributed by atoms with Crippen molar-refractivity contribution in [2.24, 2.45) is 0 Å². The molecule has 36 heavy (non-hydrogen) atoms. The molecule has 190 valence electrons. The Bertz CT molecular complexity index is 1370. The van der Waals surface area contributed by atoms with Crippen LogP contribution in [0, 0.1) is 12.7 Å². The zero-order valence-corrected chi connectivity index (χ0v) is 21.6. The van der Waals surface area contributed by atoms with Gasteiger partial charge < -0.3 is 4.74 Å². The van der Waals surface area contributed by atoms with Crippen LogP contribution < -0.4 is 0 Å². The lowest BCUT2D eigenvalue weighted by molar-refractivity contribution is -0.0939. The molecule has 1 aliphatic carbocycles. The molecule has 0 fully saturated rings. The summed E-state index contributed by atoms with van der Waals surface area (Å²) in [6.45, 7) is 5.71. The summed E-state index contributed by atoms with van der Waals surface area (Å²) in [7, 11) is 1.25. The predicted molar refractivity (Wildman–Crippen MR) is 133 cm³/mol. The van der Waals surface area contributed by atoms with Crippen LogP contribution >= 0.6 is 23.1 Å². The van der Waals surface area contributed by atoms with Gasteiger partial charge in [0.05, 0.1) is 22.7 Å². The van der Waals surface area contributed by atoms with Crippen molar-refractivity contribution in [3.8, 4) is 16.3 Å². The number of alkyl halides is 3. The maximum atomic E-state index is 14.0. The number of halogens is 4. The molecule has 2 aromatic heterocycles. The smallest absolute Gasteiger partial charge is 0.412 e. The van der Waals surface area contributed by atoms with Crippen molar-refractivity contribution < 1.29 is 27.1 Å². The van der Waals surface area contributed by atoms with E-state index < -0.39 is 23.5 Å². The summed E-state index contributed by atoms with van der Waals surface area (Å²) < 4.78 is 60.5. The summed E-state index contributed by atoms with van der Waals surface area (Å²) >= 11 is 2.83. The molecule has 0 radical (unpaired) electrons. The third kappa shape index (κ3) is 5.27. The third-order valence-electron chi connectivity index (χ3n) is 5.48. The Morgan fingerprint density at radius 2 is 1.97 bits per heavy atom. The van der Waals surface area contributed by atoms with Crippen molar-refractivity contribution in [1.29, 1.82) is 0 Å². The van der Waals surface area contributed by atoms with Crippen molar-refractivity contribution in [3.05, 3.63) is 64.9 Å². The molecular weight excluding hydrogens is 514 g/mol. The summed E-state index contributed by atoms with van der Waals surface area (Å²) in [5, 5.41) is 5.08. The first-order chi connectivity index (χ1) is 17.0. The van der Waals surface area contributed by atoms with Gasteiger partial charge in [-0.1, -0.05) is 49.5 Å². The van der Waals surface area contributed by atoms with Crippen molar-refractivity contribution in [2.75, 3.05) is 7.11 Å².